The van der Waals surface area contributed by atoms with Crippen molar-refractivity contribution in [2.24, 2.45) is 3.21 Å². The van der Waals surface area contributed by atoms with Gasteiger partial charge in [0.05, 0.1) is 22.9 Å². The fraction of sp³-hybridized carbons (Fsp3) is 0. The maximum absolute atomic E-state index is 5.25. The van der Waals surface area contributed by atoms with Gasteiger partial charge in [-0.05, 0) is 0 Å². The first-order valence-corrected chi connectivity index (χ1v) is 3.51. The van der Waals surface area contributed by atoms with Crippen molar-refractivity contribution in [2.45, 2.75) is 0 Å². The van der Waals surface area contributed by atoms with Crippen molar-refractivity contribution in [2.75, 3.05) is 5.73 Å². The highest BCUT2D eigenvalue weighted by atomic mass is 127. The van der Waals surface area contributed by atoms with E-state index in [1.165, 1.54) is 0 Å². The van der Waals surface area contributed by atoms with E-state index in [0.717, 1.165) is 5.56 Å². The van der Waals surface area contributed by atoms with Gasteiger partial charge in [0, 0.05) is 24.2 Å². The third kappa shape index (κ3) is 1.90. The van der Waals surface area contributed by atoms with Crippen molar-refractivity contribution in [1.29, 1.82) is 0 Å². The van der Waals surface area contributed by atoms with Gasteiger partial charge in [0.25, 0.3) is 0 Å². The van der Waals surface area contributed by atoms with Crippen LogP contribution in [0.1, 0.15) is 5.56 Å². The molecule has 0 saturated heterocycles. The summed E-state index contributed by atoms with van der Waals surface area (Å²) in [6.45, 7) is 0. The van der Waals surface area contributed by atoms with Crippen LogP contribution in [0, 0.1) is 0 Å². The molecule has 0 aliphatic rings. The molecular formula is C5H5IN4. The molecule has 1 heterocycles. The molecule has 10 heavy (non-hydrogen) atoms. The van der Waals surface area contributed by atoms with Crippen LogP contribution in [0.4, 0.5) is 5.95 Å². The summed E-state index contributed by atoms with van der Waals surface area (Å²) in [5, 5.41) is 0. The number of rotatable bonds is 1. The number of halogens is 1. The summed E-state index contributed by atoms with van der Waals surface area (Å²) in [5.74, 6) is 0.283. The first-order valence-electron chi connectivity index (χ1n) is 2.55. The minimum atomic E-state index is 0.283. The van der Waals surface area contributed by atoms with Crippen LogP contribution in [0.5, 0.6) is 0 Å². The van der Waals surface area contributed by atoms with Gasteiger partial charge in [0.2, 0.25) is 5.95 Å². The first kappa shape index (κ1) is 7.39. The van der Waals surface area contributed by atoms with Gasteiger partial charge in [-0.15, -0.1) is 0 Å². The molecule has 1 rings (SSSR count). The molecule has 0 radical (unpaired) electrons. The summed E-state index contributed by atoms with van der Waals surface area (Å²) < 4.78 is 3.76. The number of aromatic nitrogens is 2. The summed E-state index contributed by atoms with van der Waals surface area (Å²) in [6, 6.07) is 0. The summed E-state index contributed by atoms with van der Waals surface area (Å²) in [4.78, 5) is 7.54. The van der Waals surface area contributed by atoms with Gasteiger partial charge in [-0.2, -0.15) is 0 Å². The van der Waals surface area contributed by atoms with E-state index in [9.17, 15) is 0 Å². The largest absolute Gasteiger partial charge is 0.368 e. The number of nitrogen functional groups attached to an aromatic ring is 1. The third-order valence-electron chi connectivity index (χ3n) is 0.890. The quantitative estimate of drug-likeness (QED) is 0.591. The average molecular weight is 248 g/mol. The van der Waals surface area contributed by atoms with E-state index in [1.807, 2.05) is 22.9 Å². The molecule has 0 aliphatic heterocycles. The van der Waals surface area contributed by atoms with Crippen molar-refractivity contribution in [3.8, 4) is 0 Å². The fourth-order valence-electron chi connectivity index (χ4n) is 0.471. The van der Waals surface area contributed by atoms with Crippen LogP contribution in [0.3, 0.4) is 0 Å². The van der Waals surface area contributed by atoms with Crippen molar-refractivity contribution in [1.82, 2.24) is 9.97 Å². The summed E-state index contributed by atoms with van der Waals surface area (Å²) in [7, 11) is 0. The lowest BCUT2D eigenvalue weighted by Crippen LogP contribution is -1.94. The average Bonchev–Trinajstić information content (AvgIpc) is 1.95. The minimum Gasteiger partial charge on any atom is -0.368 e. The van der Waals surface area contributed by atoms with Crippen LogP contribution >= 0.6 is 22.9 Å². The van der Waals surface area contributed by atoms with Gasteiger partial charge in [-0.3, -0.25) is 0 Å². The molecule has 52 valence electrons. The van der Waals surface area contributed by atoms with Gasteiger partial charge < -0.3 is 5.73 Å². The van der Waals surface area contributed by atoms with Gasteiger partial charge >= 0.3 is 0 Å². The second kappa shape index (κ2) is 3.45. The molecule has 2 N–H and O–H groups in total. The Balaban J connectivity index is 2.89. The zero-order valence-corrected chi connectivity index (χ0v) is 7.19. The molecule has 0 saturated carbocycles. The number of nitrogens with zero attached hydrogens (tertiary/aromatic N) is 3. The second-order valence-corrected chi connectivity index (χ2v) is 2.16. The zero-order valence-electron chi connectivity index (χ0n) is 5.03. The van der Waals surface area contributed by atoms with E-state index >= 15 is 0 Å². The van der Waals surface area contributed by atoms with Gasteiger partial charge in [0.1, 0.15) is 0 Å². The molecule has 0 atom stereocenters. The van der Waals surface area contributed by atoms with Gasteiger partial charge in [-0.25, -0.2) is 13.2 Å². The molecule has 0 bridgehead atoms. The van der Waals surface area contributed by atoms with Crippen LogP contribution in [0.15, 0.2) is 15.6 Å². The van der Waals surface area contributed by atoms with E-state index in [-0.39, 0.29) is 5.95 Å². The topological polar surface area (TPSA) is 64.2 Å². The SMILES string of the molecule is Nc1ncc(/C=N/I)cn1. The normalized spacial score (nSPS) is 10.5. The lowest BCUT2D eigenvalue weighted by atomic mass is 10.4. The Morgan fingerprint density at radius 3 is 2.60 bits per heavy atom. The highest BCUT2D eigenvalue weighted by Gasteiger charge is 1.87. The van der Waals surface area contributed by atoms with Crippen LogP contribution in [-0.2, 0) is 0 Å². The van der Waals surface area contributed by atoms with E-state index in [1.54, 1.807) is 18.6 Å². The molecule has 0 amide bonds. The molecule has 0 unspecified atom stereocenters. The highest BCUT2D eigenvalue weighted by Crippen LogP contribution is 1.94. The van der Waals surface area contributed by atoms with E-state index in [0.29, 0.717) is 0 Å². The number of hydrogen-bond acceptors (Lipinski definition) is 4. The Labute approximate surface area is 72.1 Å². The fourth-order valence-corrected chi connectivity index (χ4v) is 0.793. The van der Waals surface area contributed by atoms with Crippen molar-refractivity contribution in [3.05, 3.63) is 18.0 Å². The Morgan fingerprint density at radius 2 is 2.10 bits per heavy atom. The molecule has 5 heteroatoms. The molecule has 0 spiro atoms. The Hall–Kier alpha value is -0.720. The van der Waals surface area contributed by atoms with Crippen LogP contribution < -0.4 is 5.73 Å². The van der Waals surface area contributed by atoms with Crippen molar-refractivity contribution >= 4 is 35.0 Å². The van der Waals surface area contributed by atoms with E-state index in [2.05, 4.69) is 13.2 Å². The highest BCUT2D eigenvalue weighted by molar-refractivity contribution is 14.1. The van der Waals surface area contributed by atoms with Crippen LogP contribution in [0.2, 0.25) is 0 Å². The first-order chi connectivity index (χ1) is 4.83. The maximum atomic E-state index is 5.25. The predicted molar refractivity (Wildman–Crippen MR) is 48.1 cm³/mol. The van der Waals surface area contributed by atoms with Crippen molar-refractivity contribution < 1.29 is 0 Å². The Kier molecular flexibility index (Phi) is 2.55. The molecular weight excluding hydrogens is 243 g/mol. The van der Waals surface area contributed by atoms with E-state index < -0.39 is 0 Å². The molecule has 1 aromatic rings. The van der Waals surface area contributed by atoms with E-state index in [4.69, 9.17) is 5.73 Å². The number of hydrogen-bond donors (Lipinski definition) is 1. The summed E-state index contributed by atoms with van der Waals surface area (Å²) in [6.07, 6.45) is 4.88. The molecule has 1 aromatic heterocycles. The molecule has 4 nitrogen and oxygen atoms in total. The van der Waals surface area contributed by atoms with Gasteiger partial charge in [-0.1, -0.05) is 0 Å². The molecule has 0 aromatic carbocycles. The molecule has 0 fully saturated rings. The summed E-state index contributed by atoms with van der Waals surface area (Å²) in [5.41, 5.74) is 6.10. The monoisotopic (exact) mass is 248 g/mol. The Morgan fingerprint density at radius 1 is 1.50 bits per heavy atom. The van der Waals surface area contributed by atoms with Crippen LogP contribution in [0.25, 0.3) is 0 Å². The standard InChI is InChI=1S/C5H5IN4/c6-10-3-4-1-8-5(7)9-2-4/h1-3H,(H2,7,8,9)/b10-3+. The maximum Gasteiger partial charge on any atom is 0.219 e. The number of nitrogens with two attached hydrogens (primary N) is 1. The lowest BCUT2D eigenvalue weighted by molar-refractivity contribution is 1.18. The molecule has 0 aliphatic carbocycles. The van der Waals surface area contributed by atoms with Crippen LogP contribution in [-0.4, -0.2) is 16.2 Å². The van der Waals surface area contributed by atoms with Gasteiger partial charge in [0.15, 0.2) is 0 Å². The number of anilines is 1. The zero-order chi connectivity index (χ0) is 7.40. The van der Waals surface area contributed by atoms with Crippen molar-refractivity contribution in [3.63, 3.8) is 0 Å². The minimum absolute atomic E-state index is 0.283. The predicted octanol–water partition coefficient (Wildman–Crippen LogP) is 0.828. The smallest absolute Gasteiger partial charge is 0.219 e. The lowest BCUT2D eigenvalue weighted by Gasteiger charge is -1.89. The summed E-state index contributed by atoms with van der Waals surface area (Å²) >= 11 is 1.88. The Bertz CT molecular complexity index is 230. The third-order valence-corrected chi connectivity index (χ3v) is 1.17. The second-order valence-electron chi connectivity index (χ2n) is 1.60.